The summed E-state index contributed by atoms with van der Waals surface area (Å²) in [6.07, 6.45) is 0.751. The molecular formula is C13H14ClN3. The van der Waals surface area contributed by atoms with Crippen molar-refractivity contribution in [2.45, 2.75) is 13.3 Å². The standard InChI is InChI=1S/C13H14ClN3/c1-9-8-10(6-7-15)17-13(16-9)11-4-2-3-5-12(11)14/h2-5,8H,6-7,15H2,1H3. The Balaban J connectivity index is 2.48. The van der Waals surface area contributed by atoms with E-state index in [2.05, 4.69) is 9.97 Å². The highest BCUT2D eigenvalue weighted by Crippen LogP contribution is 2.24. The van der Waals surface area contributed by atoms with Gasteiger partial charge in [-0.05, 0) is 31.7 Å². The van der Waals surface area contributed by atoms with Crippen molar-refractivity contribution in [3.63, 3.8) is 0 Å². The van der Waals surface area contributed by atoms with E-state index < -0.39 is 0 Å². The number of nitrogens with zero attached hydrogens (tertiary/aromatic N) is 2. The van der Waals surface area contributed by atoms with Crippen molar-refractivity contribution in [1.82, 2.24) is 9.97 Å². The van der Waals surface area contributed by atoms with Crippen LogP contribution in [0.4, 0.5) is 0 Å². The molecule has 17 heavy (non-hydrogen) atoms. The smallest absolute Gasteiger partial charge is 0.161 e. The first kappa shape index (κ1) is 12.0. The Labute approximate surface area is 106 Å². The molecule has 1 heterocycles. The quantitative estimate of drug-likeness (QED) is 0.907. The van der Waals surface area contributed by atoms with Gasteiger partial charge in [-0.3, -0.25) is 0 Å². The van der Waals surface area contributed by atoms with E-state index in [1.54, 1.807) is 0 Å². The summed E-state index contributed by atoms with van der Waals surface area (Å²) < 4.78 is 0. The molecule has 0 aliphatic rings. The van der Waals surface area contributed by atoms with Crippen LogP contribution in [-0.4, -0.2) is 16.5 Å². The molecule has 2 aromatic rings. The van der Waals surface area contributed by atoms with Crippen molar-refractivity contribution in [2.24, 2.45) is 5.73 Å². The second-order valence-corrected chi connectivity index (χ2v) is 4.25. The molecule has 0 unspecified atom stereocenters. The zero-order valence-electron chi connectivity index (χ0n) is 9.65. The number of benzene rings is 1. The summed E-state index contributed by atoms with van der Waals surface area (Å²) in [5.41, 5.74) is 8.28. The molecule has 0 amide bonds. The zero-order chi connectivity index (χ0) is 12.3. The molecule has 0 bridgehead atoms. The molecule has 0 fully saturated rings. The predicted octanol–water partition coefficient (Wildman–Crippen LogP) is 2.61. The summed E-state index contributed by atoms with van der Waals surface area (Å²) >= 11 is 6.14. The summed E-state index contributed by atoms with van der Waals surface area (Å²) in [6.45, 7) is 2.53. The first-order valence-corrected chi connectivity index (χ1v) is 5.88. The van der Waals surface area contributed by atoms with Gasteiger partial charge in [0.25, 0.3) is 0 Å². The lowest BCUT2D eigenvalue weighted by molar-refractivity contribution is 0.905. The van der Waals surface area contributed by atoms with Crippen LogP contribution in [0.1, 0.15) is 11.4 Å². The largest absolute Gasteiger partial charge is 0.330 e. The molecule has 0 saturated carbocycles. The van der Waals surface area contributed by atoms with Crippen LogP contribution in [0.3, 0.4) is 0 Å². The number of nitrogens with two attached hydrogens (primary N) is 1. The van der Waals surface area contributed by atoms with E-state index in [4.69, 9.17) is 17.3 Å². The van der Waals surface area contributed by atoms with Crippen molar-refractivity contribution in [2.75, 3.05) is 6.54 Å². The minimum absolute atomic E-state index is 0.582. The molecule has 0 atom stereocenters. The van der Waals surface area contributed by atoms with E-state index in [-0.39, 0.29) is 0 Å². The molecule has 3 nitrogen and oxygen atoms in total. The molecule has 0 saturated heterocycles. The van der Waals surface area contributed by atoms with Crippen LogP contribution >= 0.6 is 11.6 Å². The van der Waals surface area contributed by atoms with Crippen molar-refractivity contribution >= 4 is 11.6 Å². The molecule has 88 valence electrons. The number of aromatic nitrogens is 2. The SMILES string of the molecule is Cc1cc(CCN)nc(-c2ccccc2Cl)n1. The second-order valence-electron chi connectivity index (χ2n) is 3.84. The highest BCUT2D eigenvalue weighted by molar-refractivity contribution is 6.33. The van der Waals surface area contributed by atoms with E-state index in [1.807, 2.05) is 37.3 Å². The van der Waals surface area contributed by atoms with E-state index >= 15 is 0 Å². The van der Waals surface area contributed by atoms with Gasteiger partial charge in [-0.25, -0.2) is 9.97 Å². The van der Waals surface area contributed by atoms with Crippen molar-refractivity contribution in [3.8, 4) is 11.4 Å². The summed E-state index contributed by atoms with van der Waals surface area (Å²) in [7, 11) is 0. The molecule has 4 heteroatoms. The number of hydrogen-bond acceptors (Lipinski definition) is 3. The minimum Gasteiger partial charge on any atom is -0.330 e. The third-order valence-corrected chi connectivity index (χ3v) is 2.75. The van der Waals surface area contributed by atoms with Gasteiger partial charge in [0.15, 0.2) is 5.82 Å². The Kier molecular flexibility index (Phi) is 3.71. The first-order valence-electron chi connectivity index (χ1n) is 5.50. The molecule has 2 rings (SSSR count). The van der Waals surface area contributed by atoms with Crippen LogP contribution < -0.4 is 5.73 Å². The van der Waals surface area contributed by atoms with Gasteiger partial charge in [-0.1, -0.05) is 23.7 Å². The Hall–Kier alpha value is -1.45. The number of halogens is 1. The fourth-order valence-electron chi connectivity index (χ4n) is 1.67. The maximum atomic E-state index is 6.14. The van der Waals surface area contributed by atoms with E-state index in [0.29, 0.717) is 17.4 Å². The number of hydrogen-bond donors (Lipinski definition) is 1. The molecule has 1 aromatic heterocycles. The van der Waals surface area contributed by atoms with Gasteiger partial charge in [0.2, 0.25) is 0 Å². The average molecular weight is 248 g/mol. The molecule has 0 aliphatic heterocycles. The van der Waals surface area contributed by atoms with Crippen LogP contribution in [0.15, 0.2) is 30.3 Å². The van der Waals surface area contributed by atoms with Gasteiger partial charge in [0.1, 0.15) is 0 Å². The third-order valence-electron chi connectivity index (χ3n) is 2.42. The van der Waals surface area contributed by atoms with Gasteiger partial charge >= 0.3 is 0 Å². The second kappa shape index (κ2) is 5.25. The van der Waals surface area contributed by atoms with Gasteiger partial charge in [-0.2, -0.15) is 0 Å². The molecule has 0 radical (unpaired) electrons. The van der Waals surface area contributed by atoms with Crippen LogP contribution in [-0.2, 0) is 6.42 Å². The lowest BCUT2D eigenvalue weighted by Crippen LogP contribution is -2.06. The summed E-state index contributed by atoms with van der Waals surface area (Å²) in [4.78, 5) is 8.89. The fourth-order valence-corrected chi connectivity index (χ4v) is 1.89. The van der Waals surface area contributed by atoms with Gasteiger partial charge in [-0.15, -0.1) is 0 Å². The number of aryl methyl sites for hydroxylation is 1. The lowest BCUT2D eigenvalue weighted by Gasteiger charge is -2.06. The third kappa shape index (κ3) is 2.81. The average Bonchev–Trinajstić information content (AvgIpc) is 2.29. The molecule has 0 spiro atoms. The monoisotopic (exact) mass is 247 g/mol. The highest BCUT2D eigenvalue weighted by atomic mass is 35.5. The van der Waals surface area contributed by atoms with Crippen LogP contribution in [0.2, 0.25) is 5.02 Å². The fraction of sp³-hybridized carbons (Fsp3) is 0.231. The van der Waals surface area contributed by atoms with Crippen LogP contribution in [0.5, 0.6) is 0 Å². The summed E-state index contributed by atoms with van der Waals surface area (Å²) in [5, 5.41) is 0.664. The Morgan fingerprint density at radius 3 is 2.71 bits per heavy atom. The molecular weight excluding hydrogens is 234 g/mol. The highest BCUT2D eigenvalue weighted by Gasteiger charge is 2.07. The van der Waals surface area contributed by atoms with E-state index in [1.165, 1.54) is 0 Å². The molecule has 0 aliphatic carbocycles. The summed E-state index contributed by atoms with van der Waals surface area (Å²) in [6, 6.07) is 9.53. The van der Waals surface area contributed by atoms with Crippen LogP contribution in [0, 0.1) is 6.92 Å². The zero-order valence-corrected chi connectivity index (χ0v) is 10.4. The Morgan fingerprint density at radius 2 is 2.00 bits per heavy atom. The summed E-state index contributed by atoms with van der Waals surface area (Å²) in [5.74, 6) is 0.666. The maximum Gasteiger partial charge on any atom is 0.161 e. The lowest BCUT2D eigenvalue weighted by atomic mass is 10.2. The Morgan fingerprint density at radius 1 is 1.24 bits per heavy atom. The van der Waals surface area contributed by atoms with E-state index in [0.717, 1.165) is 23.4 Å². The van der Waals surface area contributed by atoms with Gasteiger partial charge < -0.3 is 5.73 Å². The Bertz CT molecular complexity index is 526. The van der Waals surface area contributed by atoms with Gasteiger partial charge in [0.05, 0.1) is 5.02 Å². The molecule has 1 aromatic carbocycles. The van der Waals surface area contributed by atoms with Crippen molar-refractivity contribution in [1.29, 1.82) is 0 Å². The topological polar surface area (TPSA) is 51.8 Å². The normalized spacial score (nSPS) is 10.5. The predicted molar refractivity (Wildman–Crippen MR) is 70.0 cm³/mol. The van der Waals surface area contributed by atoms with Crippen LogP contribution in [0.25, 0.3) is 11.4 Å². The first-order chi connectivity index (χ1) is 8.20. The van der Waals surface area contributed by atoms with Gasteiger partial charge in [0, 0.05) is 23.4 Å². The minimum atomic E-state index is 0.582. The number of rotatable bonds is 3. The van der Waals surface area contributed by atoms with Crippen molar-refractivity contribution in [3.05, 3.63) is 46.7 Å². The molecule has 2 N–H and O–H groups in total. The maximum absolute atomic E-state index is 6.14. The van der Waals surface area contributed by atoms with Crippen molar-refractivity contribution < 1.29 is 0 Å². The van der Waals surface area contributed by atoms with E-state index in [9.17, 15) is 0 Å².